The number of hydrogen-bond acceptors (Lipinski definition) is 3. The quantitative estimate of drug-likeness (QED) is 0.672. The van der Waals surface area contributed by atoms with Gasteiger partial charge in [-0.3, -0.25) is 4.79 Å². The maximum atomic E-state index is 12.0. The van der Waals surface area contributed by atoms with E-state index in [4.69, 9.17) is 4.42 Å². The summed E-state index contributed by atoms with van der Waals surface area (Å²) in [6.45, 7) is 5.68. The minimum atomic E-state index is -0.290. The van der Waals surface area contributed by atoms with Crippen molar-refractivity contribution in [3.05, 3.63) is 61.1 Å². The van der Waals surface area contributed by atoms with Crippen LogP contribution in [0, 0.1) is 0 Å². The van der Waals surface area contributed by atoms with Crippen molar-refractivity contribution in [3.8, 4) is 0 Å². The van der Waals surface area contributed by atoms with Gasteiger partial charge < -0.3 is 20.4 Å². The predicted molar refractivity (Wildman–Crippen MR) is 94.2 cm³/mol. The molecule has 1 heterocycles. The van der Waals surface area contributed by atoms with Gasteiger partial charge in [0.05, 0.1) is 11.8 Å². The fourth-order valence-electron chi connectivity index (χ4n) is 2.15. The molecule has 3 amide bonds. The van der Waals surface area contributed by atoms with Crippen molar-refractivity contribution in [2.24, 2.45) is 0 Å². The van der Waals surface area contributed by atoms with Crippen molar-refractivity contribution in [1.82, 2.24) is 5.32 Å². The van der Waals surface area contributed by atoms with Crippen LogP contribution in [0.5, 0.6) is 0 Å². The molecular formula is C18H21N3O3. The van der Waals surface area contributed by atoms with Crippen LogP contribution in [0.25, 0.3) is 0 Å². The number of benzene rings is 1. The third-order valence-corrected chi connectivity index (χ3v) is 3.44. The first-order valence-corrected chi connectivity index (χ1v) is 7.74. The first-order valence-electron chi connectivity index (χ1n) is 7.74. The van der Waals surface area contributed by atoms with E-state index < -0.39 is 0 Å². The molecule has 0 bridgehead atoms. The number of nitrogens with one attached hydrogen (secondary N) is 3. The van der Waals surface area contributed by atoms with Gasteiger partial charge in [0.15, 0.2) is 0 Å². The molecule has 1 aromatic heterocycles. The maximum Gasteiger partial charge on any atom is 0.319 e. The second-order valence-corrected chi connectivity index (χ2v) is 5.27. The summed E-state index contributed by atoms with van der Waals surface area (Å²) in [5.74, 6) is -0.276. The first kappa shape index (κ1) is 17.3. The number of amides is 3. The minimum absolute atomic E-state index is 0.0477. The van der Waals surface area contributed by atoms with E-state index in [0.717, 1.165) is 6.42 Å². The van der Waals surface area contributed by atoms with E-state index in [-0.39, 0.29) is 18.0 Å². The third kappa shape index (κ3) is 5.01. The Morgan fingerprint density at radius 3 is 2.62 bits per heavy atom. The number of urea groups is 1. The van der Waals surface area contributed by atoms with Crippen molar-refractivity contribution in [1.29, 1.82) is 0 Å². The summed E-state index contributed by atoms with van der Waals surface area (Å²) in [4.78, 5) is 24.0. The van der Waals surface area contributed by atoms with Crippen molar-refractivity contribution in [2.75, 3.05) is 10.6 Å². The molecule has 24 heavy (non-hydrogen) atoms. The van der Waals surface area contributed by atoms with Crippen LogP contribution in [0.15, 0.2) is 59.9 Å². The number of hydrogen-bond donors (Lipinski definition) is 3. The van der Waals surface area contributed by atoms with Crippen molar-refractivity contribution in [3.63, 3.8) is 0 Å². The average molecular weight is 327 g/mol. The Bertz CT molecular complexity index is 695. The topological polar surface area (TPSA) is 83.4 Å². The van der Waals surface area contributed by atoms with Gasteiger partial charge in [0, 0.05) is 17.4 Å². The fourth-order valence-corrected chi connectivity index (χ4v) is 2.15. The number of carbonyl (C=O) groups is 2. The van der Waals surface area contributed by atoms with E-state index >= 15 is 0 Å². The van der Waals surface area contributed by atoms with Crippen LogP contribution in [0.3, 0.4) is 0 Å². The summed E-state index contributed by atoms with van der Waals surface area (Å²) in [5, 5.41) is 8.38. The zero-order valence-electron chi connectivity index (χ0n) is 13.5. The van der Waals surface area contributed by atoms with Crippen LogP contribution in [0.4, 0.5) is 16.2 Å². The first-order chi connectivity index (χ1) is 11.6. The molecule has 126 valence electrons. The standard InChI is InChI=1S/C18H21N3O3/c1-3-6-14(4-2)20-18(23)21-16-8-5-7-15(11-16)19-17(22)13-9-10-24-12-13/h3,5,7-12,14H,1,4,6H2,2H3,(H,19,22)(H2,20,21,23). The molecule has 0 saturated carbocycles. The van der Waals surface area contributed by atoms with Gasteiger partial charge in [0.1, 0.15) is 6.26 Å². The van der Waals surface area contributed by atoms with Crippen molar-refractivity contribution < 1.29 is 14.0 Å². The summed E-state index contributed by atoms with van der Waals surface area (Å²) in [6.07, 6.45) is 6.12. The van der Waals surface area contributed by atoms with Gasteiger partial charge in [-0.1, -0.05) is 19.1 Å². The van der Waals surface area contributed by atoms with Crippen LogP contribution in [0.1, 0.15) is 30.1 Å². The number of furan rings is 1. The van der Waals surface area contributed by atoms with E-state index in [1.165, 1.54) is 12.5 Å². The highest BCUT2D eigenvalue weighted by Crippen LogP contribution is 2.16. The smallest absolute Gasteiger partial charge is 0.319 e. The molecule has 0 aliphatic heterocycles. The maximum absolute atomic E-state index is 12.0. The predicted octanol–water partition coefficient (Wildman–Crippen LogP) is 4.01. The van der Waals surface area contributed by atoms with E-state index in [1.54, 1.807) is 36.4 Å². The molecule has 0 aliphatic rings. The summed E-state index contributed by atoms with van der Waals surface area (Å²) >= 11 is 0. The third-order valence-electron chi connectivity index (χ3n) is 3.44. The lowest BCUT2D eigenvalue weighted by atomic mass is 10.1. The molecule has 0 spiro atoms. The van der Waals surface area contributed by atoms with Gasteiger partial charge in [0.25, 0.3) is 5.91 Å². The molecule has 2 rings (SSSR count). The lowest BCUT2D eigenvalue weighted by Gasteiger charge is -2.16. The number of rotatable bonds is 7. The van der Waals surface area contributed by atoms with Crippen LogP contribution in [-0.4, -0.2) is 18.0 Å². The van der Waals surface area contributed by atoms with E-state index in [0.29, 0.717) is 23.4 Å². The Balaban J connectivity index is 1.96. The van der Waals surface area contributed by atoms with Gasteiger partial charge in [-0.2, -0.15) is 0 Å². The summed E-state index contributed by atoms with van der Waals surface area (Å²) in [6, 6.07) is 8.27. The molecule has 6 nitrogen and oxygen atoms in total. The Labute approximate surface area is 140 Å². The van der Waals surface area contributed by atoms with Gasteiger partial charge in [0.2, 0.25) is 0 Å². The van der Waals surface area contributed by atoms with Crippen molar-refractivity contribution in [2.45, 2.75) is 25.8 Å². The average Bonchev–Trinajstić information content (AvgIpc) is 3.09. The second kappa shape index (κ2) is 8.57. The monoisotopic (exact) mass is 327 g/mol. The highest BCUT2D eigenvalue weighted by molar-refractivity contribution is 6.04. The fraction of sp³-hybridized carbons (Fsp3) is 0.222. The molecule has 1 aromatic carbocycles. The summed E-state index contributed by atoms with van der Waals surface area (Å²) in [7, 11) is 0. The minimum Gasteiger partial charge on any atom is -0.472 e. The van der Waals surface area contributed by atoms with Crippen molar-refractivity contribution >= 4 is 23.3 Å². The number of carbonyl (C=O) groups excluding carboxylic acids is 2. The molecule has 1 unspecified atom stereocenters. The van der Waals surface area contributed by atoms with Crippen LogP contribution >= 0.6 is 0 Å². The Kier molecular flexibility index (Phi) is 6.19. The Morgan fingerprint density at radius 2 is 2.00 bits per heavy atom. The molecule has 2 aromatic rings. The van der Waals surface area contributed by atoms with Crippen LogP contribution in [-0.2, 0) is 0 Å². The molecule has 3 N–H and O–H groups in total. The summed E-state index contributed by atoms with van der Waals surface area (Å²) < 4.78 is 4.88. The molecule has 0 saturated heterocycles. The van der Waals surface area contributed by atoms with Gasteiger partial charge >= 0.3 is 6.03 Å². The van der Waals surface area contributed by atoms with E-state index in [9.17, 15) is 9.59 Å². The van der Waals surface area contributed by atoms with E-state index in [1.807, 2.05) is 6.92 Å². The molecule has 0 aliphatic carbocycles. The molecule has 6 heteroatoms. The lowest BCUT2D eigenvalue weighted by molar-refractivity contribution is 0.102. The van der Waals surface area contributed by atoms with Gasteiger partial charge in [-0.25, -0.2) is 4.79 Å². The second-order valence-electron chi connectivity index (χ2n) is 5.27. The molecule has 0 radical (unpaired) electrons. The molecular weight excluding hydrogens is 306 g/mol. The van der Waals surface area contributed by atoms with Gasteiger partial charge in [-0.15, -0.1) is 6.58 Å². The zero-order chi connectivity index (χ0) is 17.4. The molecule has 0 fully saturated rings. The van der Waals surface area contributed by atoms with Crippen LogP contribution in [0.2, 0.25) is 0 Å². The number of anilines is 2. The highest BCUT2D eigenvalue weighted by Gasteiger charge is 2.10. The summed E-state index contributed by atoms with van der Waals surface area (Å²) in [5.41, 5.74) is 1.60. The molecule has 1 atom stereocenters. The Morgan fingerprint density at radius 1 is 1.25 bits per heavy atom. The Hall–Kier alpha value is -3.02. The normalized spacial score (nSPS) is 11.4. The van der Waals surface area contributed by atoms with Crippen LogP contribution < -0.4 is 16.0 Å². The lowest BCUT2D eigenvalue weighted by Crippen LogP contribution is -2.37. The zero-order valence-corrected chi connectivity index (χ0v) is 13.5. The van der Waals surface area contributed by atoms with Gasteiger partial charge in [-0.05, 0) is 37.1 Å². The SMILES string of the molecule is C=CCC(CC)NC(=O)Nc1cccc(NC(=O)c2ccoc2)c1. The van der Waals surface area contributed by atoms with E-state index in [2.05, 4.69) is 22.5 Å². The largest absolute Gasteiger partial charge is 0.472 e. The highest BCUT2D eigenvalue weighted by atomic mass is 16.3.